The maximum atomic E-state index is 6.06. The Hall–Kier alpha value is -1.30. The largest absolute Gasteiger partial charge is 0.379 e. The van der Waals surface area contributed by atoms with Gasteiger partial charge in [-0.3, -0.25) is 4.99 Å². The molecule has 0 spiro atoms. The van der Waals surface area contributed by atoms with E-state index >= 15 is 0 Å². The van der Waals surface area contributed by atoms with Gasteiger partial charge in [-0.05, 0) is 43.9 Å². The van der Waals surface area contributed by atoms with Crippen LogP contribution in [0.2, 0.25) is 5.02 Å². The zero-order chi connectivity index (χ0) is 17.9. The van der Waals surface area contributed by atoms with Crippen LogP contribution in [0.25, 0.3) is 0 Å². The molecule has 1 aliphatic rings. The monoisotopic (exact) mass is 367 g/mol. The number of halogens is 1. The smallest absolute Gasteiger partial charge is 0.193 e. The van der Waals surface area contributed by atoms with E-state index in [1.54, 1.807) is 0 Å². The van der Waals surface area contributed by atoms with Crippen molar-refractivity contribution >= 4 is 17.6 Å². The summed E-state index contributed by atoms with van der Waals surface area (Å²) in [5.41, 5.74) is 1.17. The average Bonchev–Trinajstić information content (AvgIpc) is 3.10. The van der Waals surface area contributed by atoms with E-state index in [4.69, 9.17) is 21.1 Å². The Bertz CT molecular complexity index is 533. The second-order valence-electron chi connectivity index (χ2n) is 6.29. The maximum absolute atomic E-state index is 6.06. The summed E-state index contributed by atoms with van der Waals surface area (Å²) in [6.07, 6.45) is 3.48. The highest BCUT2D eigenvalue weighted by Crippen LogP contribution is 2.13. The van der Waals surface area contributed by atoms with Crippen molar-refractivity contribution in [3.05, 3.63) is 34.9 Å². The molecule has 1 unspecified atom stereocenters. The van der Waals surface area contributed by atoms with E-state index in [0.717, 1.165) is 63.1 Å². The zero-order valence-electron chi connectivity index (χ0n) is 15.3. The van der Waals surface area contributed by atoms with Crippen LogP contribution in [0.5, 0.6) is 0 Å². The molecule has 1 atom stereocenters. The summed E-state index contributed by atoms with van der Waals surface area (Å²) in [5, 5.41) is 4.10. The molecule has 0 bridgehead atoms. The van der Waals surface area contributed by atoms with Crippen molar-refractivity contribution in [2.24, 2.45) is 4.99 Å². The summed E-state index contributed by atoms with van der Waals surface area (Å²) in [6, 6.07) is 7.92. The van der Waals surface area contributed by atoms with E-state index in [2.05, 4.69) is 28.2 Å². The zero-order valence-corrected chi connectivity index (χ0v) is 16.1. The van der Waals surface area contributed by atoms with Gasteiger partial charge in [0.1, 0.15) is 0 Å². The molecular weight excluding hydrogens is 338 g/mol. The van der Waals surface area contributed by atoms with Crippen LogP contribution in [-0.4, -0.2) is 56.9 Å². The Morgan fingerprint density at radius 2 is 2.36 bits per heavy atom. The first-order valence-corrected chi connectivity index (χ1v) is 9.50. The number of hydrogen-bond donors (Lipinski definition) is 1. The minimum absolute atomic E-state index is 0.296. The summed E-state index contributed by atoms with van der Waals surface area (Å²) in [4.78, 5) is 6.80. The van der Waals surface area contributed by atoms with Gasteiger partial charge in [0.05, 0.1) is 12.7 Å². The van der Waals surface area contributed by atoms with Crippen LogP contribution in [0.4, 0.5) is 0 Å². The van der Waals surface area contributed by atoms with Crippen LogP contribution in [0, 0.1) is 0 Å². The maximum Gasteiger partial charge on any atom is 0.193 e. The number of aliphatic imine (C=N–C) groups is 1. The minimum atomic E-state index is 0.296. The molecule has 1 N–H and O–H groups in total. The summed E-state index contributed by atoms with van der Waals surface area (Å²) in [7, 11) is 2.04. The first kappa shape index (κ1) is 20.0. The molecule has 1 aromatic carbocycles. The number of nitrogens with zero attached hydrogens (tertiary/aromatic N) is 2. The van der Waals surface area contributed by atoms with Gasteiger partial charge >= 0.3 is 0 Å². The van der Waals surface area contributed by atoms with Crippen molar-refractivity contribution in [3.63, 3.8) is 0 Å². The third-order valence-electron chi connectivity index (χ3n) is 4.04. The number of benzene rings is 1. The van der Waals surface area contributed by atoms with Gasteiger partial charge in [0.25, 0.3) is 0 Å². The molecule has 1 fully saturated rings. The highest BCUT2D eigenvalue weighted by Gasteiger charge is 2.14. The van der Waals surface area contributed by atoms with Crippen molar-refractivity contribution in [3.8, 4) is 0 Å². The third kappa shape index (κ3) is 7.63. The van der Waals surface area contributed by atoms with Gasteiger partial charge in [0.2, 0.25) is 0 Å². The SMILES string of the molecule is CCNC(=NCCCOCC1CCCO1)N(C)Cc1cccc(Cl)c1. The van der Waals surface area contributed by atoms with Gasteiger partial charge in [-0.1, -0.05) is 23.7 Å². The molecule has 0 saturated carbocycles. The fraction of sp³-hybridized carbons (Fsp3) is 0.632. The number of hydrogen-bond acceptors (Lipinski definition) is 3. The normalized spacial score (nSPS) is 17.7. The fourth-order valence-corrected chi connectivity index (χ4v) is 3.01. The second-order valence-corrected chi connectivity index (χ2v) is 6.72. The topological polar surface area (TPSA) is 46.1 Å². The van der Waals surface area contributed by atoms with E-state index < -0.39 is 0 Å². The molecule has 1 aromatic rings. The molecule has 0 aliphatic carbocycles. The Morgan fingerprint density at radius 3 is 3.08 bits per heavy atom. The standard InChI is InChI=1S/C19H30ClN3O2/c1-3-21-19(23(2)14-16-7-4-8-17(20)13-16)22-10-6-11-24-15-18-9-5-12-25-18/h4,7-8,13,18H,3,5-6,9-12,14-15H2,1-2H3,(H,21,22). The molecule has 1 saturated heterocycles. The van der Waals surface area contributed by atoms with Crippen LogP contribution in [0.1, 0.15) is 31.7 Å². The highest BCUT2D eigenvalue weighted by atomic mass is 35.5. The molecule has 0 amide bonds. The van der Waals surface area contributed by atoms with Crippen molar-refractivity contribution in [2.75, 3.05) is 40.0 Å². The number of nitrogens with one attached hydrogen (secondary N) is 1. The van der Waals surface area contributed by atoms with Gasteiger partial charge in [-0.25, -0.2) is 0 Å². The van der Waals surface area contributed by atoms with E-state index in [1.807, 2.05) is 25.2 Å². The molecule has 0 radical (unpaired) electrons. The lowest BCUT2D eigenvalue weighted by molar-refractivity contribution is 0.0170. The predicted molar refractivity (Wildman–Crippen MR) is 103 cm³/mol. The lowest BCUT2D eigenvalue weighted by Gasteiger charge is -2.22. The minimum Gasteiger partial charge on any atom is -0.379 e. The van der Waals surface area contributed by atoms with Crippen LogP contribution in [0.3, 0.4) is 0 Å². The summed E-state index contributed by atoms with van der Waals surface area (Å²) >= 11 is 6.06. The Labute approximate surface area is 156 Å². The van der Waals surface area contributed by atoms with Crippen LogP contribution < -0.4 is 5.32 Å². The lowest BCUT2D eigenvalue weighted by Crippen LogP contribution is -2.38. The Kier molecular flexibility index (Phi) is 9.08. The molecule has 1 heterocycles. The average molecular weight is 368 g/mol. The van der Waals surface area contributed by atoms with Crippen molar-refractivity contribution < 1.29 is 9.47 Å². The molecule has 6 heteroatoms. The molecular formula is C19H30ClN3O2. The first-order valence-electron chi connectivity index (χ1n) is 9.12. The van der Waals surface area contributed by atoms with E-state index in [-0.39, 0.29) is 0 Å². The third-order valence-corrected chi connectivity index (χ3v) is 4.28. The predicted octanol–water partition coefficient (Wildman–Crippen LogP) is 3.32. The van der Waals surface area contributed by atoms with E-state index in [9.17, 15) is 0 Å². The van der Waals surface area contributed by atoms with Gasteiger partial charge in [0.15, 0.2) is 5.96 Å². The van der Waals surface area contributed by atoms with Crippen molar-refractivity contribution in [1.29, 1.82) is 0 Å². The van der Waals surface area contributed by atoms with Crippen LogP contribution >= 0.6 is 11.6 Å². The fourth-order valence-electron chi connectivity index (χ4n) is 2.80. The van der Waals surface area contributed by atoms with E-state index in [0.29, 0.717) is 12.7 Å². The van der Waals surface area contributed by atoms with Gasteiger partial charge in [0, 0.05) is 44.9 Å². The van der Waals surface area contributed by atoms with Crippen LogP contribution in [0.15, 0.2) is 29.3 Å². The van der Waals surface area contributed by atoms with Crippen molar-refractivity contribution in [1.82, 2.24) is 10.2 Å². The lowest BCUT2D eigenvalue weighted by atomic mass is 10.2. The number of ether oxygens (including phenoxy) is 2. The quantitative estimate of drug-likeness (QED) is 0.413. The number of rotatable bonds is 9. The molecule has 2 rings (SSSR count). The summed E-state index contributed by atoms with van der Waals surface area (Å²) in [5.74, 6) is 0.904. The van der Waals surface area contributed by atoms with Crippen molar-refractivity contribution in [2.45, 2.75) is 38.8 Å². The molecule has 25 heavy (non-hydrogen) atoms. The van der Waals surface area contributed by atoms with Gasteiger partial charge < -0.3 is 19.7 Å². The van der Waals surface area contributed by atoms with E-state index in [1.165, 1.54) is 5.56 Å². The summed E-state index contributed by atoms with van der Waals surface area (Å²) < 4.78 is 11.2. The Balaban J connectivity index is 1.72. The van der Waals surface area contributed by atoms with Gasteiger partial charge in [-0.2, -0.15) is 0 Å². The summed E-state index contributed by atoms with van der Waals surface area (Å²) in [6.45, 7) is 6.74. The molecule has 140 valence electrons. The second kappa shape index (κ2) is 11.3. The Morgan fingerprint density at radius 1 is 1.48 bits per heavy atom. The van der Waals surface area contributed by atoms with Crippen LogP contribution in [-0.2, 0) is 16.0 Å². The highest BCUT2D eigenvalue weighted by molar-refractivity contribution is 6.30. The van der Waals surface area contributed by atoms with Gasteiger partial charge in [-0.15, -0.1) is 0 Å². The molecule has 0 aromatic heterocycles. The number of guanidine groups is 1. The molecule has 5 nitrogen and oxygen atoms in total. The molecule has 1 aliphatic heterocycles. The first-order chi connectivity index (χ1) is 12.2.